The van der Waals surface area contributed by atoms with Crippen molar-refractivity contribution in [3.63, 3.8) is 0 Å². The van der Waals surface area contributed by atoms with Crippen LogP contribution in [-0.4, -0.2) is 4.57 Å². The Kier molecular flexibility index (Phi) is 20.0. The average Bonchev–Trinajstić information content (AvgIpc) is 3.35. The van der Waals surface area contributed by atoms with E-state index < -0.39 is 0 Å². The first-order valence-corrected chi connectivity index (χ1v) is 17.0. The Morgan fingerprint density at radius 1 is 0.500 bits per heavy atom. The lowest BCUT2D eigenvalue weighted by atomic mass is 10.0. The highest BCUT2D eigenvalue weighted by molar-refractivity contribution is 5.31. The molecule has 0 bridgehead atoms. The summed E-state index contributed by atoms with van der Waals surface area (Å²) < 4.78 is 4.98. The molecular formula is C36H63N2+. The molecule has 0 fully saturated rings. The van der Waals surface area contributed by atoms with Crippen LogP contribution >= 0.6 is 0 Å². The molecule has 0 aliphatic heterocycles. The minimum atomic E-state index is 1.17. The Morgan fingerprint density at radius 2 is 0.921 bits per heavy atom. The fraction of sp³-hybridized carbons (Fsp3) is 0.750. The van der Waals surface area contributed by atoms with Gasteiger partial charge in [0, 0.05) is 6.42 Å². The summed E-state index contributed by atoms with van der Waals surface area (Å²) in [4.78, 5) is 0. The van der Waals surface area contributed by atoms with Crippen molar-refractivity contribution in [1.29, 1.82) is 0 Å². The molecule has 2 rings (SSSR count). The Labute approximate surface area is 237 Å². The molecule has 0 N–H and O–H groups in total. The van der Waals surface area contributed by atoms with Gasteiger partial charge in [0.05, 0.1) is 6.54 Å². The summed E-state index contributed by atoms with van der Waals surface area (Å²) in [5.74, 6) is 1.49. The van der Waals surface area contributed by atoms with Crippen LogP contribution in [0.4, 0.5) is 0 Å². The highest BCUT2D eigenvalue weighted by atomic mass is 15.1. The molecule has 2 heteroatoms. The summed E-state index contributed by atoms with van der Waals surface area (Å²) in [7, 11) is 0. The Balaban J connectivity index is 1.56. The Bertz CT molecular complexity index is 763. The topological polar surface area (TPSA) is 8.81 Å². The predicted octanol–water partition coefficient (Wildman–Crippen LogP) is 11.3. The van der Waals surface area contributed by atoms with Crippen molar-refractivity contribution in [2.45, 2.75) is 174 Å². The molecular weight excluding hydrogens is 460 g/mol. The monoisotopic (exact) mass is 523 g/mol. The van der Waals surface area contributed by atoms with Crippen molar-refractivity contribution in [1.82, 2.24) is 4.57 Å². The maximum absolute atomic E-state index is 2.54. The molecule has 0 amide bonds. The van der Waals surface area contributed by atoms with Crippen molar-refractivity contribution in [2.75, 3.05) is 0 Å². The molecule has 0 atom stereocenters. The standard InChI is InChI=1S/C36H63N2/c1-3-5-7-9-11-12-13-14-15-16-17-18-19-20-21-22-27-31-36-37(32-28-23-10-8-6-4-2)33-34-38(36)35-29-25-24-26-30-35/h24-26,29-30,33-34H,3-23,27-28,31-32H2,1-2H3/q+1. The highest BCUT2D eigenvalue weighted by Gasteiger charge is 2.18. The summed E-state index contributed by atoms with van der Waals surface area (Å²) in [6, 6.07) is 10.9. The van der Waals surface area contributed by atoms with Gasteiger partial charge in [0.15, 0.2) is 0 Å². The third kappa shape index (κ3) is 15.1. The Hall–Kier alpha value is -1.57. The number of para-hydroxylation sites is 1. The second-order valence-corrected chi connectivity index (χ2v) is 11.8. The second-order valence-electron chi connectivity index (χ2n) is 11.8. The number of imidazole rings is 1. The third-order valence-electron chi connectivity index (χ3n) is 8.30. The van der Waals surface area contributed by atoms with E-state index in [1.807, 2.05) is 0 Å². The zero-order valence-electron chi connectivity index (χ0n) is 25.6. The molecule has 0 spiro atoms. The number of aromatic nitrogens is 2. The van der Waals surface area contributed by atoms with Crippen molar-refractivity contribution in [2.24, 2.45) is 0 Å². The van der Waals surface area contributed by atoms with E-state index in [4.69, 9.17) is 0 Å². The molecule has 0 saturated heterocycles. The van der Waals surface area contributed by atoms with E-state index in [9.17, 15) is 0 Å². The number of aryl methyl sites for hydroxylation is 1. The summed E-state index contributed by atoms with van der Waals surface area (Å²) >= 11 is 0. The lowest BCUT2D eigenvalue weighted by Crippen LogP contribution is -2.37. The largest absolute Gasteiger partial charge is 0.261 e. The minimum Gasteiger partial charge on any atom is -0.234 e. The average molecular weight is 524 g/mol. The number of benzene rings is 1. The van der Waals surface area contributed by atoms with Crippen LogP contribution in [0.3, 0.4) is 0 Å². The maximum Gasteiger partial charge on any atom is 0.261 e. The second kappa shape index (κ2) is 23.3. The molecule has 0 radical (unpaired) electrons. The van der Waals surface area contributed by atoms with Crippen LogP contribution in [0, 0.1) is 0 Å². The van der Waals surface area contributed by atoms with Gasteiger partial charge in [0.2, 0.25) is 0 Å². The summed E-state index contributed by atoms with van der Waals surface area (Å²) in [5, 5.41) is 0. The quantitative estimate of drug-likeness (QED) is 0.0856. The van der Waals surface area contributed by atoms with Crippen LogP contribution in [-0.2, 0) is 13.0 Å². The first-order chi connectivity index (χ1) is 18.9. The summed E-state index contributed by atoms with van der Waals surface area (Å²) in [6.45, 7) is 5.77. The molecule has 38 heavy (non-hydrogen) atoms. The van der Waals surface area contributed by atoms with E-state index >= 15 is 0 Å². The number of nitrogens with zero attached hydrogens (tertiary/aromatic N) is 2. The fourth-order valence-corrected chi connectivity index (χ4v) is 5.82. The molecule has 0 aliphatic rings. The van der Waals surface area contributed by atoms with Crippen LogP contribution in [0.25, 0.3) is 5.69 Å². The number of hydrogen-bond acceptors (Lipinski definition) is 0. The number of hydrogen-bond donors (Lipinski definition) is 0. The molecule has 0 unspecified atom stereocenters. The molecule has 2 nitrogen and oxygen atoms in total. The van der Waals surface area contributed by atoms with E-state index in [0.717, 1.165) is 0 Å². The van der Waals surface area contributed by atoms with Crippen molar-refractivity contribution < 1.29 is 4.57 Å². The third-order valence-corrected chi connectivity index (χ3v) is 8.30. The smallest absolute Gasteiger partial charge is 0.234 e. The molecule has 0 saturated carbocycles. The molecule has 1 aromatic heterocycles. The van der Waals surface area contributed by atoms with Gasteiger partial charge in [-0.15, -0.1) is 0 Å². The predicted molar refractivity (Wildman–Crippen MR) is 167 cm³/mol. The van der Waals surface area contributed by atoms with E-state index in [2.05, 4.69) is 65.7 Å². The lowest BCUT2D eigenvalue weighted by molar-refractivity contribution is -0.704. The van der Waals surface area contributed by atoms with E-state index in [-0.39, 0.29) is 0 Å². The van der Waals surface area contributed by atoms with Crippen LogP contribution in [0.5, 0.6) is 0 Å². The first kappa shape index (κ1) is 32.6. The molecule has 1 heterocycles. The highest BCUT2D eigenvalue weighted by Crippen LogP contribution is 2.16. The molecule has 1 aromatic carbocycles. The van der Waals surface area contributed by atoms with Gasteiger partial charge in [-0.05, 0) is 31.4 Å². The van der Waals surface area contributed by atoms with Crippen LogP contribution in [0.2, 0.25) is 0 Å². The Morgan fingerprint density at radius 3 is 1.39 bits per heavy atom. The van der Waals surface area contributed by atoms with Crippen LogP contribution in [0.1, 0.15) is 167 Å². The maximum atomic E-state index is 2.54. The van der Waals surface area contributed by atoms with E-state index in [1.54, 1.807) is 0 Å². The van der Waals surface area contributed by atoms with Gasteiger partial charge < -0.3 is 0 Å². The van der Waals surface area contributed by atoms with Gasteiger partial charge in [-0.1, -0.05) is 160 Å². The van der Waals surface area contributed by atoms with Gasteiger partial charge in [0.1, 0.15) is 18.1 Å². The van der Waals surface area contributed by atoms with Crippen molar-refractivity contribution in [3.8, 4) is 5.69 Å². The van der Waals surface area contributed by atoms with Gasteiger partial charge in [-0.2, -0.15) is 4.57 Å². The normalized spacial score (nSPS) is 11.4. The van der Waals surface area contributed by atoms with Gasteiger partial charge in [-0.25, -0.2) is 4.57 Å². The molecule has 2 aromatic rings. The van der Waals surface area contributed by atoms with Gasteiger partial charge in [-0.3, -0.25) is 0 Å². The van der Waals surface area contributed by atoms with E-state index in [0.29, 0.717) is 0 Å². The number of unbranched alkanes of at least 4 members (excludes halogenated alkanes) is 21. The SMILES string of the molecule is CCCCCCCCCCCCCCCCCCCc1n(-c2ccccc2)cc[n+]1CCCCCCCC. The van der Waals surface area contributed by atoms with Crippen molar-refractivity contribution in [3.05, 3.63) is 48.5 Å². The van der Waals surface area contributed by atoms with Gasteiger partial charge in [0.25, 0.3) is 5.82 Å². The zero-order valence-corrected chi connectivity index (χ0v) is 25.6. The lowest BCUT2D eigenvalue weighted by Gasteiger charge is -2.06. The first-order valence-electron chi connectivity index (χ1n) is 17.0. The summed E-state index contributed by atoms with van der Waals surface area (Å²) in [5.41, 5.74) is 1.30. The molecule has 216 valence electrons. The van der Waals surface area contributed by atoms with Crippen LogP contribution in [0.15, 0.2) is 42.7 Å². The number of rotatable bonds is 26. The van der Waals surface area contributed by atoms with Crippen molar-refractivity contribution >= 4 is 0 Å². The summed E-state index contributed by atoms with van der Waals surface area (Å²) in [6.07, 6.45) is 38.4. The minimum absolute atomic E-state index is 1.17. The fourth-order valence-electron chi connectivity index (χ4n) is 5.82. The molecule has 0 aliphatic carbocycles. The zero-order chi connectivity index (χ0) is 26.9. The van der Waals surface area contributed by atoms with E-state index in [1.165, 1.54) is 172 Å². The van der Waals surface area contributed by atoms with Crippen LogP contribution < -0.4 is 4.57 Å². The van der Waals surface area contributed by atoms with Gasteiger partial charge >= 0.3 is 0 Å².